The van der Waals surface area contributed by atoms with Crippen molar-refractivity contribution in [3.05, 3.63) is 0 Å². The van der Waals surface area contributed by atoms with Gasteiger partial charge in [0.1, 0.15) is 5.78 Å². The molecule has 0 aromatic heterocycles. The summed E-state index contributed by atoms with van der Waals surface area (Å²) in [5.41, 5.74) is 0. The van der Waals surface area contributed by atoms with Crippen LogP contribution in [0.2, 0.25) is 0 Å². The van der Waals surface area contributed by atoms with Gasteiger partial charge in [0, 0.05) is 14.8 Å². The van der Waals surface area contributed by atoms with E-state index >= 15 is 0 Å². The Balaban J connectivity index is 0. The molecule has 0 unspecified atom stereocenters. The molecule has 0 rings (SSSR count). The van der Waals surface area contributed by atoms with Gasteiger partial charge in [-0.2, -0.15) is 0 Å². The first-order valence-electron chi connectivity index (χ1n) is 2.26. The third-order valence-corrected chi connectivity index (χ3v) is 0.602. The Kier molecular flexibility index (Phi) is 8.09. The van der Waals surface area contributed by atoms with Crippen molar-refractivity contribution in [2.75, 3.05) is 0 Å². The highest BCUT2D eigenvalue weighted by atomic mass is 16.1. The molecule has 0 heterocycles. The van der Waals surface area contributed by atoms with Crippen molar-refractivity contribution < 1.29 is 4.79 Å². The molecule has 0 aliphatic rings. The molecular formula is C5H10BO. The van der Waals surface area contributed by atoms with Crippen LogP contribution >= 0.6 is 0 Å². The fourth-order valence-electron chi connectivity index (χ4n) is 0.352. The minimum atomic E-state index is 0. The number of Topliss-reactive ketones (excluding diaryl/α,β-unsaturated/α-hetero) is 1. The summed E-state index contributed by atoms with van der Waals surface area (Å²) >= 11 is 0. The SMILES string of the molecule is CCCC(C)=O.[B]. The molecule has 0 saturated carbocycles. The lowest BCUT2D eigenvalue weighted by Gasteiger charge is -1.80. The average Bonchev–Trinajstić information content (AvgIpc) is 1.35. The van der Waals surface area contributed by atoms with Crippen LogP contribution in [0.4, 0.5) is 0 Å². The Bertz CT molecular complexity index is 52.0. The minimum Gasteiger partial charge on any atom is -0.300 e. The van der Waals surface area contributed by atoms with E-state index in [0.717, 1.165) is 12.8 Å². The molecule has 3 radical (unpaired) electrons. The molecule has 0 fully saturated rings. The van der Waals surface area contributed by atoms with Crippen LogP contribution in [0.25, 0.3) is 0 Å². The van der Waals surface area contributed by atoms with E-state index in [1.165, 1.54) is 0 Å². The summed E-state index contributed by atoms with van der Waals surface area (Å²) in [5, 5.41) is 0. The van der Waals surface area contributed by atoms with E-state index in [1.54, 1.807) is 6.92 Å². The molecule has 0 saturated heterocycles. The first-order chi connectivity index (χ1) is 2.77. The van der Waals surface area contributed by atoms with Gasteiger partial charge >= 0.3 is 0 Å². The highest BCUT2D eigenvalue weighted by Gasteiger charge is 1.83. The second-order valence-electron chi connectivity index (χ2n) is 1.45. The van der Waals surface area contributed by atoms with Crippen molar-refractivity contribution in [3.63, 3.8) is 0 Å². The molecule has 1 nitrogen and oxygen atoms in total. The van der Waals surface area contributed by atoms with Crippen molar-refractivity contribution >= 4 is 14.2 Å². The van der Waals surface area contributed by atoms with Gasteiger partial charge in [-0.25, -0.2) is 0 Å². The topological polar surface area (TPSA) is 17.1 Å². The molecule has 2 heteroatoms. The Labute approximate surface area is 46.7 Å². The second kappa shape index (κ2) is 5.73. The summed E-state index contributed by atoms with van der Waals surface area (Å²) < 4.78 is 0. The smallest absolute Gasteiger partial charge is 0.129 e. The van der Waals surface area contributed by atoms with Crippen molar-refractivity contribution in [3.8, 4) is 0 Å². The van der Waals surface area contributed by atoms with Crippen molar-refractivity contribution in [2.24, 2.45) is 0 Å². The van der Waals surface area contributed by atoms with Crippen LogP contribution in [0.15, 0.2) is 0 Å². The highest BCUT2D eigenvalue weighted by Crippen LogP contribution is 1.84. The van der Waals surface area contributed by atoms with E-state index in [0.29, 0.717) is 0 Å². The molecule has 39 valence electrons. The molecule has 0 aliphatic carbocycles. The molecule has 7 heavy (non-hydrogen) atoms. The third kappa shape index (κ3) is 10.7. The zero-order valence-electron chi connectivity index (χ0n) is 4.90. The van der Waals surface area contributed by atoms with Gasteiger partial charge in [0.25, 0.3) is 0 Å². The van der Waals surface area contributed by atoms with Gasteiger partial charge in [-0.15, -0.1) is 0 Å². The highest BCUT2D eigenvalue weighted by molar-refractivity contribution is 5.75. The van der Waals surface area contributed by atoms with E-state index < -0.39 is 0 Å². The summed E-state index contributed by atoms with van der Waals surface area (Å²) in [6.45, 7) is 3.62. The molecule has 0 N–H and O–H groups in total. The van der Waals surface area contributed by atoms with Gasteiger partial charge in [0.15, 0.2) is 0 Å². The quantitative estimate of drug-likeness (QED) is 0.469. The van der Waals surface area contributed by atoms with Crippen LogP contribution in [0.1, 0.15) is 26.7 Å². The standard InChI is InChI=1S/C5H10O.B/c1-3-4-5(2)6;/h3-4H2,1-2H3;. The van der Waals surface area contributed by atoms with Crippen molar-refractivity contribution in [1.29, 1.82) is 0 Å². The average molecular weight is 96.9 g/mol. The number of rotatable bonds is 2. The summed E-state index contributed by atoms with van der Waals surface area (Å²) in [5.74, 6) is 0.289. The maximum Gasteiger partial charge on any atom is 0.129 e. The summed E-state index contributed by atoms with van der Waals surface area (Å²) in [7, 11) is 0. The van der Waals surface area contributed by atoms with Crippen LogP contribution in [-0.2, 0) is 4.79 Å². The Morgan fingerprint density at radius 2 is 2.00 bits per heavy atom. The molecule has 0 aromatic carbocycles. The van der Waals surface area contributed by atoms with Gasteiger partial charge in [-0.1, -0.05) is 6.92 Å². The van der Waals surface area contributed by atoms with E-state index in [1.807, 2.05) is 6.92 Å². The number of hydrogen-bond acceptors (Lipinski definition) is 1. The monoisotopic (exact) mass is 97.1 g/mol. The first-order valence-corrected chi connectivity index (χ1v) is 2.26. The Morgan fingerprint density at radius 3 is 2.00 bits per heavy atom. The van der Waals surface area contributed by atoms with E-state index in [4.69, 9.17) is 0 Å². The van der Waals surface area contributed by atoms with E-state index in [9.17, 15) is 4.79 Å². The second-order valence-corrected chi connectivity index (χ2v) is 1.45. The van der Waals surface area contributed by atoms with Crippen LogP contribution in [0, 0.1) is 0 Å². The molecule has 0 atom stereocenters. The number of hydrogen-bond donors (Lipinski definition) is 0. The molecule has 0 bridgehead atoms. The lowest BCUT2D eigenvalue weighted by Crippen LogP contribution is -1.84. The molecule has 0 amide bonds. The molecule has 0 aromatic rings. The van der Waals surface area contributed by atoms with Crippen LogP contribution < -0.4 is 0 Å². The predicted molar refractivity (Wildman–Crippen MR) is 31.3 cm³/mol. The van der Waals surface area contributed by atoms with Crippen LogP contribution in [-0.4, -0.2) is 14.2 Å². The van der Waals surface area contributed by atoms with Crippen molar-refractivity contribution in [1.82, 2.24) is 0 Å². The van der Waals surface area contributed by atoms with E-state index in [2.05, 4.69) is 0 Å². The summed E-state index contributed by atoms with van der Waals surface area (Å²) in [6, 6.07) is 0. The molecule has 0 aliphatic heterocycles. The minimum absolute atomic E-state index is 0. The van der Waals surface area contributed by atoms with Gasteiger partial charge in [0.05, 0.1) is 0 Å². The first kappa shape index (κ1) is 9.88. The van der Waals surface area contributed by atoms with Crippen LogP contribution in [0.3, 0.4) is 0 Å². The summed E-state index contributed by atoms with van der Waals surface area (Å²) in [6.07, 6.45) is 1.72. The Hall–Kier alpha value is -0.265. The van der Waals surface area contributed by atoms with Gasteiger partial charge in [-0.3, -0.25) is 0 Å². The maximum atomic E-state index is 10.0. The van der Waals surface area contributed by atoms with Crippen molar-refractivity contribution in [2.45, 2.75) is 26.7 Å². The Morgan fingerprint density at radius 1 is 1.57 bits per heavy atom. The third-order valence-electron chi connectivity index (χ3n) is 0.602. The number of carbonyl (C=O) groups excluding carboxylic acids is 1. The fraction of sp³-hybridized carbons (Fsp3) is 0.800. The lowest BCUT2D eigenvalue weighted by molar-refractivity contribution is -0.117. The molecular weight excluding hydrogens is 86.9 g/mol. The lowest BCUT2D eigenvalue weighted by atomic mass is 10.3. The zero-order valence-corrected chi connectivity index (χ0v) is 4.90. The van der Waals surface area contributed by atoms with Crippen LogP contribution in [0.5, 0.6) is 0 Å². The number of ketones is 1. The largest absolute Gasteiger partial charge is 0.300 e. The zero-order chi connectivity index (χ0) is 4.99. The molecule has 0 spiro atoms. The van der Waals surface area contributed by atoms with E-state index in [-0.39, 0.29) is 14.2 Å². The fourth-order valence-corrected chi connectivity index (χ4v) is 0.352. The predicted octanol–water partition coefficient (Wildman–Crippen LogP) is 0.995. The summed E-state index contributed by atoms with van der Waals surface area (Å²) in [4.78, 5) is 10.0. The maximum absolute atomic E-state index is 10.0. The van der Waals surface area contributed by atoms with Gasteiger partial charge in [-0.05, 0) is 13.3 Å². The van der Waals surface area contributed by atoms with Gasteiger partial charge in [0.2, 0.25) is 0 Å². The number of carbonyl (C=O) groups is 1. The van der Waals surface area contributed by atoms with Gasteiger partial charge < -0.3 is 4.79 Å². The normalized spacial score (nSPS) is 7.14.